The second kappa shape index (κ2) is 8.25. The van der Waals surface area contributed by atoms with E-state index in [0.717, 1.165) is 68.1 Å². The third kappa shape index (κ3) is 4.01. The second-order valence-corrected chi connectivity index (χ2v) is 8.07. The highest BCUT2D eigenvalue weighted by molar-refractivity contribution is 5.80. The van der Waals surface area contributed by atoms with Crippen molar-refractivity contribution in [1.82, 2.24) is 19.9 Å². The number of hydrogen-bond donors (Lipinski definition) is 0. The molecular weight excluding hydrogens is 350 g/mol. The molecule has 2 aliphatic heterocycles. The summed E-state index contributed by atoms with van der Waals surface area (Å²) >= 11 is 0. The molecule has 0 spiro atoms. The molecule has 4 rings (SSSR count). The molecule has 0 unspecified atom stereocenters. The van der Waals surface area contributed by atoms with Crippen molar-refractivity contribution in [2.75, 3.05) is 24.5 Å². The van der Waals surface area contributed by atoms with Crippen molar-refractivity contribution in [3.63, 3.8) is 0 Å². The van der Waals surface area contributed by atoms with Crippen LogP contribution in [0.5, 0.6) is 0 Å². The van der Waals surface area contributed by atoms with Gasteiger partial charge in [-0.1, -0.05) is 6.07 Å². The summed E-state index contributed by atoms with van der Waals surface area (Å²) in [7, 11) is 0. The molecule has 0 aromatic carbocycles. The summed E-state index contributed by atoms with van der Waals surface area (Å²) in [6.07, 6.45) is 8.91. The molecule has 148 valence electrons. The number of hydrogen-bond acceptors (Lipinski definition) is 5. The van der Waals surface area contributed by atoms with Crippen LogP contribution in [-0.4, -0.2) is 45.4 Å². The van der Waals surface area contributed by atoms with E-state index in [1.54, 1.807) is 6.20 Å². The maximum Gasteiger partial charge on any atom is 0.227 e. The van der Waals surface area contributed by atoms with Gasteiger partial charge in [-0.3, -0.25) is 9.78 Å². The monoisotopic (exact) mass is 379 g/mol. The van der Waals surface area contributed by atoms with Crippen molar-refractivity contribution in [3.8, 4) is 0 Å². The Morgan fingerprint density at radius 1 is 1.07 bits per heavy atom. The van der Waals surface area contributed by atoms with Crippen LogP contribution in [0.3, 0.4) is 0 Å². The first-order valence-corrected chi connectivity index (χ1v) is 10.4. The minimum atomic E-state index is 0.00967. The van der Waals surface area contributed by atoms with Gasteiger partial charge in [0.15, 0.2) is 0 Å². The molecule has 2 aromatic rings. The van der Waals surface area contributed by atoms with Crippen LogP contribution in [0.4, 0.5) is 5.95 Å². The Balaban J connectivity index is 1.51. The van der Waals surface area contributed by atoms with E-state index in [2.05, 4.69) is 30.8 Å². The first kappa shape index (κ1) is 18.8. The van der Waals surface area contributed by atoms with Crippen molar-refractivity contribution in [3.05, 3.63) is 47.5 Å². The van der Waals surface area contributed by atoms with Crippen LogP contribution in [0.1, 0.15) is 55.1 Å². The van der Waals surface area contributed by atoms with Crippen LogP contribution in [0.15, 0.2) is 30.6 Å². The minimum absolute atomic E-state index is 0.00967. The number of piperidine rings is 2. The molecule has 0 saturated carbocycles. The minimum Gasteiger partial charge on any atom is -0.340 e. The lowest BCUT2D eigenvalue weighted by atomic mass is 9.91. The molecule has 2 aliphatic rings. The molecule has 2 aromatic heterocycles. The lowest BCUT2D eigenvalue weighted by Crippen LogP contribution is -2.47. The van der Waals surface area contributed by atoms with Gasteiger partial charge in [-0.2, -0.15) is 0 Å². The zero-order valence-electron chi connectivity index (χ0n) is 16.8. The van der Waals surface area contributed by atoms with Gasteiger partial charge in [-0.25, -0.2) is 9.97 Å². The first-order chi connectivity index (χ1) is 13.6. The number of anilines is 1. The van der Waals surface area contributed by atoms with E-state index in [1.807, 2.05) is 32.2 Å². The van der Waals surface area contributed by atoms with Crippen molar-refractivity contribution in [2.24, 2.45) is 5.92 Å². The smallest absolute Gasteiger partial charge is 0.227 e. The highest BCUT2D eigenvalue weighted by Crippen LogP contribution is 2.33. The fourth-order valence-corrected chi connectivity index (χ4v) is 4.56. The molecule has 0 N–H and O–H groups in total. The number of carbonyl (C=O) groups is 1. The van der Waals surface area contributed by atoms with Gasteiger partial charge in [0.25, 0.3) is 0 Å². The van der Waals surface area contributed by atoms with Gasteiger partial charge in [0.1, 0.15) is 0 Å². The molecule has 2 fully saturated rings. The lowest BCUT2D eigenvalue weighted by Gasteiger charge is -2.40. The lowest BCUT2D eigenvalue weighted by molar-refractivity contribution is -0.139. The Morgan fingerprint density at radius 3 is 2.64 bits per heavy atom. The average Bonchev–Trinajstić information content (AvgIpc) is 2.73. The average molecular weight is 380 g/mol. The molecule has 0 bridgehead atoms. The number of aryl methyl sites for hydroxylation is 2. The highest BCUT2D eigenvalue weighted by Gasteiger charge is 2.35. The van der Waals surface area contributed by atoms with Gasteiger partial charge >= 0.3 is 0 Å². The maximum absolute atomic E-state index is 13.5. The molecule has 4 heterocycles. The SMILES string of the molecule is Cc1cc(C)nc(N2CCC[C@H](C(=O)N3CCCC[C@H]3c3cccnc3)C2)n1. The third-order valence-corrected chi connectivity index (χ3v) is 5.88. The van der Waals surface area contributed by atoms with Crippen molar-refractivity contribution in [1.29, 1.82) is 0 Å². The Morgan fingerprint density at radius 2 is 1.89 bits per heavy atom. The molecule has 28 heavy (non-hydrogen) atoms. The molecule has 0 radical (unpaired) electrons. The summed E-state index contributed by atoms with van der Waals surface area (Å²) in [6, 6.07) is 6.21. The molecule has 0 aliphatic carbocycles. The summed E-state index contributed by atoms with van der Waals surface area (Å²) in [5.74, 6) is 1.05. The Hall–Kier alpha value is -2.50. The summed E-state index contributed by atoms with van der Waals surface area (Å²) in [6.45, 7) is 6.46. The number of pyridine rings is 1. The van der Waals surface area contributed by atoms with Crippen LogP contribution < -0.4 is 4.90 Å². The predicted octanol–water partition coefficient (Wildman–Crippen LogP) is 3.46. The molecule has 2 saturated heterocycles. The predicted molar refractivity (Wildman–Crippen MR) is 109 cm³/mol. The Kier molecular flexibility index (Phi) is 5.55. The summed E-state index contributed by atoms with van der Waals surface area (Å²) in [5, 5.41) is 0. The molecule has 6 heteroatoms. The quantitative estimate of drug-likeness (QED) is 0.817. The molecule has 6 nitrogen and oxygen atoms in total. The van der Waals surface area contributed by atoms with E-state index in [0.29, 0.717) is 6.54 Å². The van der Waals surface area contributed by atoms with Crippen LogP contribution in [-0.2, 0) is 4.79 Å². The number of rotatable bonds is 3. The van der Waals surface area contributed by atoms with Crippen LogP contribution in [0, 0.1) is 19.8 Å². The van der Waals surface area contributed by atoms with E-state index in [9.17, 15) is 4.79 Å². The topological polar surface area (TPSA) is 62.2 Å². The zero-order valence-corrected chi connectivity index (χ0v) is 16.8. The van der Waals surface area contributed by atoms with Gasteiger partial charge in [-0.15, -0.1) is 0 Å². The Bertz CT molecular complexity index is 805. The second-order valence-electron chi connectivity index (χ2n) is 8.07. The normalized spacial score (nSPS) is 22.9. The number of amides is 1. The molecule has 2 atom stereocenters. The van der Waals surface area contributed by atoms with E-state index >= 15 is 0 Å². The number of aromatic nitrogens is 3. The first-order valence-electron chi connectivity index (χ1n) is 10.4. The van der Waals surface area contributed by atoms with E-state index in [-0.39, 0.29) is 17.9 Å². The highest BCUT2D eigenvalue weighted by atomic mass is 16.2. The summed E-state index contributed by atoms with van der Waals surface area (Å²) in [4.78, 5) is 31.3. The zero-order chi connectivity index (χ0) is 19.5. The van der Waals surface area contributed by atoms with Gasteiger partial charge in [0.2, 0.25) is 11.9 Å². The fraction of sp³-hybridized carbons (Fsp3) is 0.545. The van der Waals surface area contributed by atoms with Crippen molar-refractivity contribution < 1.29 is 4.79 Å². The number of likely N-dealkylation sites (tertiary alicyclic amines) is 1. The summed E-state index contributed by atoms with van der Waals surface area (Å²) < 4.78 is 0. The van der Waals surface area contributed by atoms with Crippen molar-refractivity contribution in [2.45, 2.75) is 52.0 Å². The van der Waals surface area contributed by atoms with Crippen LogP contribution in [0.2, 0.25) is 0 Å². The van der Waals surface area contributed by atoms with Gasteiger partial charge in [0.05, 0.1) is 12.0 Å². The summed E-state index contributed by atoms with van der Waals surface area (Å²) in [5.41, 5.74) is 3.10. The van der Waals surface area contributed by atoms with E-state index in [4.69, 9.17) is 0 Å². The van der Waals surface area contributed by atoms with Crippen molar-refractivity contribution >= 4 is 11.9 Å². The molecule has 1 amide bonds. The van der Waals surface area contributed by atoms with Crippen LogP contribution in [0.25, 0.3) is 0 Å². The third-order valence-electron chi connectivity index (χ3n) is 5.88. The number of nitrogens with zero attached hydrogens (tertiary/aromatic N) is 5. The van der Waals surface area contributed by atoms with E-state index in [1.165, 1.54) is 0 Å². The number of carbonyl (C=O) groups excluding carboxylic acids is 1. The van der Waals surface area contributed by atoms with Gasteiger partial charge in [-0.05, 0) is 63.6 Å². The van der Waals surface area contributed by atoms with E-state index < -0.39 is 0 Å². The Labute approximate surface area is 167 Å². The standard InChI is InChI=1S/C22H29N5O/c1-16-13-17(2)25-22(24-16)26-11-6-8-19(15-26)21(28)27-12-4-3-9-20(27)18-7-5-10-23-14-18/h5,7,10,13-14,19-20H,3-4,6,8-9,11-12,15H2,1-2H3/t19-,20-/m0/s1. The van der Waals surface area contributed by atoms with Gasteiger partial charge in [0, 0.05) is 43.4 Å². The molecular formula is C22H29N5O. The van der Waals surface area contributed by atoms with Gasteiger partial charge < -0.3 is 9.80 Å². The fourth-order valence-electron chi connectivity index (χ4n) is 4.56. The van der Waals surface area contributed by atoms with Crippen LogP contribution >= 0.6 is 0 Å². The largest absolute Gasteiger partial charge is 0.340 e. The maximum atomic E-state index is 13.5.